The molecule has 132 valence electrons. The zero-order chi connectivity index (χ0) is 17.6. The lowest BCUT2D eigenvalue weighted by molar-refractivity contribution is 0.102. The summed E-state index contributed by atoms with van der Waals surface area (Å²) in [4.78, 5) is 17.6. The van der Waals surface area contributed by atoms with E-state index in [0.29, 0.717) is 35.2 Å². The van der Waals surface area contributed by atoms with Crippen LogP contribution in [0.15, 0.2) is 24.3 Å². The van der Waals surface area contributed by atoms with E-state index >= 15 is 0 Å². The number of carbonyl (C=O) groups is 1. The summed E-state index contributed by atoms with van der Waals surface area (Å²) in [5.74, 6) is -0.259. The Hall–Kier alpha value is -1.48. The van der Waals surface area contributed by atoms with Crippen LogP contribution in [-0.4, -0.2) is 35.4 Å². The van der Waals surface area contributed by atoms with Crippen molar-refractivity contribution in [2.75, 3.05) is 11.9 Å². The fraction of sp³-hybridized carbons (Fsp3) is 0.375. The molecule has 4 rings (SSSR count). The fourth-order valence-corrected chi connectivity index (χ4v) is 5.82. The van der Waals surface area contributed by atoms with Crippen molar-refractivity contribution in [2.24, 2.45) is 0 Å². The number of halogens is 1. The maximum Gasteiger partial charge on any atom is 0.257 e. The Labute approximate surface area is 154 Å². The van der Waals surface area contributed by atoms with Crippen LogP contribution in [0.1, 0.15) is 33.8 Å². The first-order valence-corrected chi connectivity index (χ1v) is 10.7. The lowest BCUT2D eigenvalue weighted by Gasteiger charge is -2.25. The van der Waals surface area contributed by atoms with E-state index in [1.807, 2.05) is 0 Å². The van der Waals surface area contributed by atoms with Crippen LogP contribution in [0.3, 0.4) is 0 Å². The highest BCUT2D eigenvalue weighted by Gasteiger charge is 2.41. The Bertz CT molecular complexity index is 921. The van der Waals surface area contributed by atoms with Crippen LogP contribution in [0.4, 0.5) is 5.13 Å². The van der Waals surface area contributed by atoms with Crippen LogP contribution < -0.4 is 5.32 Å². The molecule has 2 heterocycles. The van der Waals surface area contributed by atoms with Crippen LogP contribution in [-0.2, 0) is 23.0 Å². The molecular formula is C16H16ClN3O3S2. The molecule has 0 unspecified atom stereocenters. The Morgan fingerprint density at radius 3 is 2.68 bits per heavy atom. The average Bonchev–Trinajstić information content (AvgIpc) is 3.36. The van der Waals surface area contributed by atoms with Gasteiger partial charge in [-0.05, 0) is 37.1 Å². The number of benzene rings is 1. The number of nitrogens with zero attached hydrogens (tertiary/aromatic N) is 2. The first-order valence-electron chi connectivity index (χ1n) is 7.98. The van der Waals surface area contributed by atoms with Crippen molar-refractivity contribution in [1.82, 2.24) is 9.29 Å². The summed E-state index contributed by atoms with van der Waals surface area (Å²) in [6.07, 6.45) is 2.10. The molecule has 1 aromatic carbocycles. The highest BCUT2D eigenvalue weighted by molar-refractivity contribution is 7.90. The molecule has 0 bridgehead atoms. The molecule has 1 N–H and O–H groups in total. The number of nitrogens with one attached hydrogen (secondary N) is 1. The van der Waals surface area contributed by atoms with E-state index in [2.05, 4.69) is 10.3 Å². The van der Waals surface area contributed by atoms with Crippen LogP contribution in [0.25, 0.3) is 0 Å². The van der Waals surface area contributed by atoms with E-state index in [0.717, 1.165) is 23.4 Å². The van der Waals surface area contributed by atoms with Crippen molar-refractivity contribution in [2.45, 2.75) is 31.1 Å². The zero-order valence-electron chi connectivity index (χ0n) is 13.2. The third-order valence-electron chi connectivity index (χ3n) is 4.33. The molecule has 9 heteroatoms. The van der Waals surface area contributed by atoms with E-state index in [4.69, 9.17) is 11.6 Å². The smallest absolute Gasteiger partial charge is 0.257 e. The van der Waals surface area contributed by atoms with Gasteiger partial charge in [0.15, 0.2) is 5.13 Å². The molecule has 25 heavy (non-hydrogen) atoms. The standard InChI is InChI=1S/C16H16ClN3O3S2/c17-11-3-1-10(2-4-11)15(21)19-16-18-13-7-8-20(9-14(13)24-16)25(22,23)12-5-6-12/h1-4,12H,5-9H2,(H,18,19,21). The second kappa shape index (κ2) is 6.35. The SMILES string of the molecule is O=C(Nc1nc2c(s1)CN(S(=O)(=O)C1CC1)CC2)c1ccc(Cl)cc1. The summed E-state index contributed by atoms with van der Waals surface area (Å²) in [5.41, 5.74) is 1.37. The van der Waals surface area contributed by atoms with Gasteiger partial charge in [-0.3, -0.25) is 10.1 Å². The molecule has 0 saturated heterocycles. The maximum absolute atomic E-state index is 12.4. The molecule has 1 aliphatic carbocycles. The second-order valence-corrected chi connectivity index (χ2v) is 9.91. The molecule has 0 spiro atoms. The molecule has 0 radical (unpaired) electrons. The van der Waals surface area contributed by atoms with E-state index in [-0.39, 0.29) is 11.2 Å². The molecular weight excluding hydrogens is 382 g/mol. The number of hydrogen-bond donors (Lipinski definition) is 1. The van der Waals surface area contributed by atoms with Gasteiger partial charge in [-0.2, -0.15) is 4.31 Å². The third-order valence-corrected chi connectivity index (χ3v) is 7.92. The Morgan fingerprint density at radius 2 is 2.00 bits per heavy atom. The number of aromatic nitrogens is 1. The highest BCUT2D eigenvalue weighted by Crippen LogP contribution is 2.35. The predicted octanol–water partition coefficient (Wildman–Crippen LogP) is 2.90. The van der Waals surface area contributed by atoms with E-state index in [1.165, 1.54) is 11.3 Å². The van der Waals surface area contributed by atoms with E-state index in [9.17, 15) is 13.2 Å². The lowest BCUT2D eigenvalue weighted by atomic mass is 10.2. The van der Waals surface area contributed by atoms with Gasteiger partial charge in [0.1, 0.15) is 0 Å². The second-order valence-electron chi connectivity index (χ2n) is 6.18. The molecule has 6 nitrogen and oxygen atoms in total. The summed E-state index contributed by atoms with van der Waals surface area (Å²) in [7, 11) is -3.18. The van der Waals surface area contributed by atoms with Gasteiger partial charge in [0.25, 0.3) is 5.91 Å². The van der Waals surface area contributed by atoms with Gasteiger partial charge in [-0.25, -0.2) is 13.4 Å². The molecule has 2 aromatic rings. The Morgan fingerprint density at radius 1 is 1.28 bits per heavy atom. The average molecular weight is 398 g/mol. The fourth-order valence-electron chi connectivity index (χ4n) is 2.79. The summed E-state index contributed by atoms with van der Waals surface area (Å²) in [6.45, 7) is 0.808. The van der Waals surface area contributed by atoms with Gasteiger partial charge in [0.05, 0.1) is 10.9 Å². The number of thiazole rings is 1. The third kappa shape index (κ3) is 3.44. The van der Waals surface area contributed by atoms with E-state index < -0.39 is 10.0 Å². The molecule has 1 aromatic heterocycles. The normalized spacial score (nSPS) is 18.0. The quantitative estimate of drug-likeness (QED) is 0.860. The summed E-state index contributed by atoms with van der Waals surface area (Å²) in [6, 6.07) is 6.61. The van der Waals surface area contributed by atoms with Crippen LogP contribution in [0.5, 0.6) is 0 Å². The molecule has 1 saturated carbocycles. The minimum atomic E-state index is -3.18. The van der Waals surface area contributed by atoms with Crippen molar-refractivity contribution in [3.05, 3.63) is 45.4 Å². The minimum Gasteiger partial charge on any atom is -0.298 e. The maximum atomic E-state index is 12.4. The number of sulfonamides is 1. The molecule has 1 fully saturated rings. The lowest BCUT2D eigenvalue weighted by Crippen LogP contribution is -2.37. The predicted molar refractivity (Wildman–Crippen MR) is 97.6 cm³/mol. The number of hydrogen-bond acceptors (Lipinski definition) is 5. The summed E-state index contributed by atoms with van der Waals surface area (Å²) < 4.78 is 26.3. The van der Waals surface area contributed by atoms with Gasteiger partial charge in [0.2, 0.25) is 10.0 Å². The highest BCUT2D eigenvalue weighted by atomic mass is 35.5. The van der Waals surface area contributed by atoms with Crippen molar-refractivity contribution < 1.29 is 13.2 Å². The molecule has 1 aliphatic heterocycles. The monoisotopic (exact) mass is 397 g/mol. The van der Waals surface area contributed by atoms with Crippen molar-refractivity contribution >= 4 is 44.0 Å². The Kier molecular flexibility index (Phi) is 4.31. The Balaban J connectivity index is 1.48. The van der Waals surface area contributed by atoms with Crippen LogP contribution >= 0.6 is 22.9 Å². The van der Waals surface area contributed by atoms with Crippen molar-refractivity contribution in [1.29, 1.82) is 0 Å². The zero-order valence-corrected chi connectivity index (χ0v) is 15.6. The number of anilines is 1. The van der Waals surface area contributed by atoms with Crippen molar-refractivity contribution in [3.63, 3.8) is 0 Å². The van der Waals surface area contributed by atoms with Gasteiger partial charge in [-0.15, -0.1) is 11.3 Å². The van der Waals surface area contributed by atoms with Crippen molar-refractivity contribution in [3.8, 4) is 0 Å². The van der Waals surface area contributed by atoms with Gasteiger partial charge < -0.3 is 0 Å². The topological polar surface area (TPSA) is 79.4 Å². The molecule has 1 amide bonds. The first-order chi connectivity index (χ1) is 11.9. The van der Waals surface area contributed by atoms with Gasteiger partial charge in [0, 0.05) is 35.0 Å². The first kappa shape index (κ1) is 17.0. The van der Waals surface area contributed by atoms with Gasteiger partial charge in [-0.1, -0.05) is 11.6 Å². The van der Waals surface area contributed by atoms with E-state index in [1.54, 1.807) is 28.6 Å². The number of fused-ring (bicyclic) bond motifs is 1. The minimum absolute atomic E-state index is 0.203. The molecule has 0 atom stereocenters. The largest absolute Gasteiger partial charge is 0.298 e. The summed E-state index contributed by atoms with van der Waals surface area (Å²) >= 11 is 7.16. The van der Waals surface area contributed by atoms with Crippen LogP contribution in [0.2, 0.25) is 5.02 Å². The summed E-state index contributed by atoms with van der Waals surface area (Å²) in [5, 5.41) is 3.64. The number of carbonyl (C=O) groups excluding carboxylic acids is 1. The van der Waals surface area contributed by atoms with Crippen LogP contribution in [0, 0.1) is 0 Å². The number of rotatable bonds is 4. The molecule has 2 aliphatic rings. The number of amides is 1. The van der Waals surface area contributed by atoms with Gasteiger partial charge >= 0.3 is 0 Å².